The van der Waals surface area contributed by atoms with Crippen molar-refractivity contribution in [3.8, 4) is 5.75 Å². The number of benzene rings is 1. The summed E-state index contributed by atoms with van der Waals surface area (Å²) in [5.41, 5.74) is 9.04. The van der Waals surface area contributed by atoms with Gasteiger partial charge < -0.3 is 10.5 Å². The average Bonchev–Trinajstić information content (AvgIpc) is 2.70. The fraction of sp³-hybridized carbons (Fsp3) is 0.100. The Kier molecular flexibility index (Phi) is 2.65. The van der Waals surface area contributed by atoms with Gasteiger partial charge in [0, 0.05) is 11.1 Å². The smallest absolute Gasteiger partial charge is 0.131 e. The molecule has 1 heterocycles. The lowest BCUT2D eigenvalue weighted by Crippen LogP contribution is -1.95. The lowest BCUT2D eigenvalue weighted by Gasteiger charge is -2.03. The molecule has 1 aromatic heterocycles. The molecule has 14 heavy (non-hydrogen) atoms. The third kappa shape index (κ3) is 2.23. The highest BCUT2D eigenvalue weighted by molar-refractivity contribution is 7.07. The summed E-state index contributed by atoms with van der Waals surface area (Å²) in [5.74, 6) is 0.812. The molecule has 2 aromatic rings. The summed E-state index contributed by atoms with van der Waals surface area (Å²) in [7, 11) is 0. The van der Waals surface area contributed by atoms with Crippen molar-refractivity contribution in [3.63, 3.8) is 0 Å². The van der Waals surface area contributed by atoms with E-state index >= 15 is 0 Å². The highest BCUT2D eigenvalue weighted by atomic mass is 32.1. The van der Waals surface area contributed by atoms with Gasteiger partial charge in [0.2, 0.25) is 0 Å². The molecular formula is C10H10N2OS. The van der Waals surface area contributed by atoms with Gasteiger partial charge in [-0.15, -0.1) is 11.3 Å². The summed E-state index contributed by atoms with van der Waals surface area (Å²) in [6, 6.07) is 7.33. The maximum absolute atomic E-state index is 5.55. The number of ether oxygens (including phenoxy) is 1. The molecule has 0 atom stereocenters. The first-order valence-corrected chi connectivity index (χ1v) is 5.14. The molecule has 0 saturated carbocycles. The minimum atomic E-state index is 0.507. The van der Waals surface area contributed by atoms with E-state index in [9.17, 15) is 0 Å². The Morgan fingerprint density at radius 2 is 2.07 bits per heavy atom. The van der Waals surface area contributed by atoms with E-state index in [0.717, 1.165) is 17.1 Å². The van der Waals surface area contributed by atoms with Gasteiger partial charge in [0.15, 0.2) is 0 Å². The van der Waals surface area contributed by atoms with Crippen LogP contribution in [0.5, 0.6) is 5.75 Å². The van der Waals surface area contributed by atoms with E-state index in [-0.39, 0.29) is 0 Å². The minimum absolute atomic E-state index is 0.507. The van der Waals surface area contributed by atoms with Crippen LogP contribution in [0.3, 0.4) is 0 Å². The summed E-state index contributed by atoms with van der Waals surface area (Å²) in [4.78, 5) is 4.12. The van der Waals surface area contributed by atoms with Crippen LogP contribution in [0, 0.1) is 0 Å². The quantitative estimate of drug-likeness (QED) is 0.784. The van der Waals surface area contributed by atoms with Crippen molar-refractivity contribution in [2.75, 3.05) is 5.73 Å². The van der Waals surface area contributed by atoms with Gasteiger partial charge in [-0.1, -0.05) is 0 Å². The summed E-state index contributed by atoms with van der Waals surface area (Å²) in [6.45, 7) is 0.507. The van der Waals surface area contributed by atoms with Crippen molar-refractivity contribution < 1.29 is 4.74 Å². The molecule has 0 fully saturated rings. The van der Waals surface area contributed by atoms with Crippen molar-refractivity contribution in [2.24, 2.45) is 0 Å². The number of nitrogens with two attached hydrogens (primary N) is 1. The molecule has 2 rings (SSSR count). The molecule has 0 aliphatic rings. The molecule has 0 saturated heterocycles. The summed E-state index contributed by atoms with van der Waals surface area (Å²) in [5, 5.41) is 1.97. The Balaban J connectivity index is 1.95. The average molecular weight is 206 g/mol. The number of hydrogen-bond donors (Lipinski definition) is 1. The number of anilines is 1. The molecule has 0 unspecified atom stereocenters. The van der Waals surface area contributed by atoms with E-state index in [1.165, 1.54) is 0 Å². The lowest BCUT2D eigenvalue weighted by molar-refractivity contribution is 0.302. The molecule has 1 aromatic carbocycles. The van der Waals surface area contributed by atoms with E-state index in [4.69, 9.17) is 10.5 Å². The van der Waals surface area contributed by atoms with Gasteiger partial charge in [0.25, 0.3) is 0 Å². The molecular weight excluding hydrogens is 196 g/mol. The van der Waals surface area contributed by atoms with Crippen molar-refractivity contribution >= 4 is 17.0 Å². The molecule has 4 heteroatoms. The van der Waals surface area contributed by atoms with Crippen LogP contribution in [0.1, 0.15) is 5.69 Å². The zero-order valence-electron chi connectivity index (χ0n) is 7.51. The van der Waals surface area contributed by atoms with Crippen LogP contribution in [0.15, 0.2) is 35.2 Å². The number of aromatic nitrogens is 1. The molecule has 0 aliphatic carbocycles. The highest BCUT2D eigenvalue weighted by Gasteiger charge is 1.96. The van der Waals surface area contributed by atoms with Gasteiger partial charge >= 0.3 is 0 Å². The monoisotopic (exact) mass is 206 g/mol. The third-order valence-corrected chi connectivity index (χ3v) is 2.39. The van der Waals surface area contributed by atoms with Crippen LogP contribution in [0.25, 0.3) is 0 Å². The van der Waals surface area contributed by atoms with Gasteiger partial charge in [0.1, 0.15) is 12.4 Å². The summed E-state index contributed by atoms with van der Waals surface area (Å²) in [6.07, 6.45) is 0. The molecule has 72 valence electrons. The predicted octanol–water partition coefficient (Wildman–Crippen LogP) is 2.30. The SMILES string of the molecule is Nc1ccc(OCc2cscn2)cc1. The third-order valence-electron chi connectivity index (χ3n) is 1.75. The molecule has 0 spiro atoms. The molecule has 0 aliphatic heterocycles. The van der Waals surface area contributed by atoms with Crippen molar-refractivity contribution in [3.05, 3.63) is 40.8 Å². The van der Waals surface area contributed by atoms with Gasteiger partial charge in [-0.05, 0) is 24.3 Å². The number of hydrogen-bond acceptors (Lipinski definition) is 4. The second-order valence-corrected chi connectivity index (χ2v) is 3.56. The van der Waals surface area contributed by atoms with Crippen LogP contribution in [-0.2, 0) is 6.61 Å². The Hall–Kier alpha value is -1.55. The second-order valence-electron chi connectivity index (χ2n) is 2.84. The molecule has 2 N–H and O–H groups in total. The Bertz CT molecular complexity index is 383. The van der Waals surface area contributed by atoms with Crippen LogP contribution in [-0.4, -0.2) is 4.98 Å². The van der Waals surface area contributed by atoms with E-state index in [2.05, 4.69) is 4.98 Å². The highest BCUT2D eigenvalue weighted by Crippen LogP contribution is 2.14. The maximum Gasteiger partial charge on any atom is 0.131 e. The summed E-state index contributed by atoms with van der Waals surface area (Å²) >= 11 is 1.57. The van der Waals surface area contributed by atoms with Gasteiger partial charge in [-0.3, -0.25) is 0 Å². The van der Waals surface area contributed by atoms with Crippen molar-refractivity contribution in [2.45, 2.75) is 6.61 Å². The van der Waals surface area contributed by atoms with Crippen LogP contribution in [0.2, 0.25) is 0 Å². The Morgan fingerprint density at radius 3 is 2.71 bits per heavy atom. The molecule has 0 bridgehead atoms. The second kappa shape index (κ2) is 4.11. The van der Waals surface area contributed by atoms with E-state index in [0.29, 0.717) is 6.61 Å². The van der Waals surface area contributed by atoms with Crippen molar-refractivity contribution in [1.29, 1.82) is 0 Å². The van der Waals surface area contributed by atoms with Gasteiger partial charge in [-0.25, -0.2) is 4.98 Å². The van der Waals surface area contributed by atoms with Crippen LogP contribution < -0.4 is 10.5 Å². The number of thiazole rings is 1. The largest absolute Gasteiger partial charge is 0.487 e. The molecule has 3 nitrogen and oxygen atoms in total. The lowest BCUT2D eigenvalue weighted by atomic mass is 10.3. The molecule has 0 amide bonds. The fourth-order valence-electron chi connectivity index (χ4n) is 1.03. The van der Waals surface area contributed by atoms with Gasteiger partial charge in [0.05, 0.1) is 11.2 Å². The Morgan fingerprint density at radius 1 is 1.29 bits per heavy atom. The minimum Gasteiger partial charge on any atom is -0.487 e. The van der Waals surface area contributed by atoms with Crippen molar-refractivity contribution in [1.82, 2.24) is 4.98 Å². The molecule has 0 radical (unpaired) electrons. The first kappa shape index (κ1) is 9.02. The number of rotatable bonds is 3. The zero-order valence-corrected chi connectivity index (χ0v) is 8.33. The van der Waals surface area contributed by atoms with E-state index < -0.39 is 0 Å². The maximum atomic E-state index is 5.55. The van der Waals surface area contributed by atoms with Crippen LogP contribution >= 0.6 is 11.3 Å². The zero-order chi connectivity index (χ0) is 9.80. The standard InChI is InChI=1S/C10H10N2OS/c11-8-1-3-10(4-2-8)13-5-9-6-14-7-12-9/h1-4,6-7H,5,11H2. The normalized spacial score (nSPS) is 10.0. The fourth-order valence-corrected chi connectivity index (χ4v) is 1.57. The first-order chi connectivity index (χ1) is 6.84. The topological polar surface area (TPSA) is 48.1 Å². The predicted molar refractivity (Wildman–Crippen MR) is 57.3 cm³/mol. The van der Waals surface area contributed by atoms with Gasteiger partial charge in [-0.2, -0.15) is 0 Å². The number of nitrogens with zero attached hydrogens (tertiary/aromatic N) is 1. The van der Waals surface area contributed by atoms with E-state index in [1.807, 2.05) is 29.6 Å². The number of nitrogen functional groups attached to an aromatic ring is 1. The summed E-state index contributed by atoms with van der Waals surface area (Å²) < 4.78 is 5.49. The van der Waals surface area contributed by atoms with Crippen LogP contribution in [0.4, 0.5) is 5.69 Å². The Labute approximate surface area is 86.2 Å². The van der Waals surface area contributed by atoms with E-state index in [1.54, 1.807) is 16.8 Å². The first-order valence-electron chi connectivity index (χ1n) is 4.20.